The largest absolute Gasteiger partial charge is 0.378 e. The first-order valence-corrected chi connectivity index (χ1v) is 11.1. The van der Waals surface area contributed by atoms with Crippen molar-refractivity contribution in [2.24, 2.45) is 0 Å². The molecule has 0 unspecified atom stereocenters. The summed E-state index contributed by atoms with van der Waals surface area (Å²) in [4.78, 5) is 2.59. The minimum atomic E-state index is -3.56. The van der Waals surface area contributed by atoms with Crippen LogP contribution in [0.15, 0.2) is 53.4 Å². The predicted molar refractivity (Wildman–Crippen MR) is 113 cm³/mol. The summed E-state index contributed by atoms with van der Waals surface area (Å²) in [6.45, 7) is 9.72. The standard InChI is InChI=1S/C22H30N2O3S/c1-22(2,3)19-9-11-20(12-10-19)28(25,26)23(4)17-18-7-5-6-8-21(18)24-13-15-27-16-14-24/h5-12H,13-17H2,1-4H3. The number of para-hydroxylation sites is 1. The summed E-state index contributed by atoms with van der Waals surface area (Å²) in [6.07, 6.45) is 0. The van der Waals surface area contributed by atoms with Crippen molar-refractivity contribution in [3.63, 3.8) is 0 Å². The van der Waals surface area contributed by atoms with Crippen LogP contribution in [0.3, 0.4) is 0 Å². The van der Waals surface area contributed by atoms with Crippen molar-refractivity contribution in [3.05, 3.63) is 59.7 Å². The molecule has 28 heavy (non-hydrogen) atoms. The maximum absolute atomic E-state index is 13.1. The second-order valence-corrected chi connectivity index (χ2v) is 10.3. The van der Waals surface area contributed by atoms with E-state index in [9.17, 15) is 8.42 Å². The third kappa shape index (κ3) is 4.57. The van der Waals surface area contributed by atoms with Crippen LogP contribution in [0.25, 0.3) is 0 Å². The lowest BCUT2D eigenvalue weighted by atomic mass is 9.87. The summed E-state index contributed by atoms with van der Waals surface area (Å²) in [5.41, 5.74) is 3.19. The molecule has 0 aromatic heterocycles. The van der Waals surface area contributed by atoms with Crippen LogP contribution >= 0.6 is 0 Å². The fourth-order valence-corrected chi connectivity index (χ4v) is 4.54. The molecule has 2 aromatic rings. The summed E-state index contributed by atoms with van der Waals surface area (Å²) < 4.78 is 33.0. The van der Waals surface area contributed by atoms with E-state index in [0.717, 1.165) is 29.9 Å². The van der Waals surface area contributed by atoms with E-state index in [4.69, 9.17) is 4.74 Å². The molecule has 1 fully saturated rings. The second-order valence-electron chi connectivity index (χ2n) is 8.26. The number of anilines is 1. The van der Waals surface area contributed by atoms with Crippen molar-refractivity contribution in [1.82, 2.24) is 4.31 Å². The van der Waals surface area contributed by atoms with Gasteiger partial charge < -0.3 is 9.64 Å². The van der Waals surface area contributed by atoms with Crippen LogP contribution in [0.5, 0.6) is 0 Å². The van der Waals surface area contributed by atoms with E-state index < -0.39 is 10.0 Å². The zero-order chi connectivity index (χ0) is 20.4. The molecule has 0 amide bonds. The lowest BCUT2D eigenvalue weighted by molar-refractivity contribution is 0.122. The van der Waals surface area contributed by atoms with Gasteiger partial charge in [0.15, 0.2) is 0 Å². The van der Waals surface area contributed by atoms with Crippen molar-refractivity contribution >= 4 is 15.7 Å². The Labute approximate surface area is 169 Å². The van der Waals surface area contributed by atoms with E-state index in [2.05, 4.69) is 31.7 Å². The van der Waals surface area contributed by atoms with Gasteiger partial charge in [-0.15, -0.1) is 0 Å². The lowest BCUT2D eigenvalue weighted by Crippen LogP contribution is -2.37. The molecule has 152 valence electrons. The number of ether oxygens (including phenoxy) is 1. The van der Waals surface area contributed by atoms with Crippen LogP contribution < -0.4 is 4.90 Å². The summed E-state index contributed by atoms with van der Waals surface area (Å²) >= 11 is 0. The molecule has 0 bridgehead atoms. The number of nitrogens with zero attached hydrogens (tertiary/aromatic N) is 2. The van der Waals surface area contributed by atoms with Crippen molar-refractivity contribution in [2.75, 3.05) is 38.3 Å². The third-order valence-electron chi connectivity index (χ3n) is 5.16. The molecule has 1 aliphatic rings. The number of sulfonamides is 1. The van der Waals surface area contributed by atoms with Crippen LogP contribution in [0.4, 0.5) is 5.69 Å². The highest BCUT2D eigenvalue weighted by Gasteiger charge is 2.24. The normalized spacial score (nSPS) is 15.8. The van der Waals surface area contributed by atoms with Gasteiger partial charge in [-0.1, -0.05) is 51.1 Å². The smallest absolute Gasteiger partial charge is 0.243 e. The SMILES string of the molecule is CN(Cc1ccccc1N1CCOCC1)S(=O)(=O)c1ccc(C(C)(C)C)cc1. The monoisotopic (exact) mass is 402 g/mol. The molecule has 0 aliphatic carbocycles. The fraction of sp³-hybridized carbons (Fsp3) is 0.455. The van der Waals surface area contributed by atoms with Crippen LogP contribution in [0, 0.1) is 0 Å². The Morgan fingerprint density at radius 2 is 1.61 bits per heavy atom. The lowest BCUT2D eigenvalue weighted by Gasteiger charge is -2.31. The number of rotatable bonds is 5. The fourth-order valence-electron chi connectivity index (χ4n) is 3.39. The molecule has 0 N–H and O–H groups in total. The van der Waals surface area contributed by atoms with E-state index >= 15 is 0 Å². The highest BCUT2D eigenvalue weighted by atomic mass is 32.2. The summed E-state index contributed by atoms with van der Waals surface area (Å²) in [7, 11) is -1.91. The minimum Gasteiger partial charge on any atom is -0.378 e. The first-order valence-electron chi connectivity index (χ1n) is 9.67. The Bertz CT molecular complexity index is 896. The van der Waals surface area contributed by atoms with Gasteiger partial charge in [-0.25, -0.2) is 8.42 Å². The van der Waals surface area contributed by atoms with Crippen molar-refractivity contribution in [1.29, 1.82) is 0 Å². The summed E-state index contributed by atoms with van der Waals surface area (Å²) in [5.74, 6) is 0. The van der Waals surface area contributed by atoms with Gasteiger partial charge in [0.2, 0.25) is 10.0 Å². The molecule has 1 heterocycles. The average Bonchev–Trinajstić information content (AvgIpc) is 2.68. The van der Waals surface area contributed by atoms with Crippen LogP contribution in [0.1, 0.15) is 31.9 Å². The topological polar surface area (TPSA) is 49.9 Å². The Morgan fingerprint density at radius 1 is 1.00 bits per heavy atom. The first-order chi connectivity index (χ1) is 13.2. The number of hydrogen-bond donors (Lipinski definition) is 0. The highest BCUT2D eigenvalue weighted by molar-refractivity contribution is 7.89. The second kappa shape index (κ2) is 8.23. The van der Waals surface area contributed by atoms with Gasteiger partial charge in [0.1, 0.15) is 0 Å². The number of benzene rings is 2. The Kier molecular flexibility index (Phi) is 6.12. The summed E-state index contributed by atoms with van der Waals surface area (Å²) in [5, 5.41) is 0. The van der Waals surface area contributed by atoms with Crippen molar-refractivity contribution in [2.45, 2.75) is 37.6 Å². The number of hydrogen-bond acceptors (Lipinski definition) is 4. The maximum atomic E-state index is 13.1. The van der Waals surface area contributed by atoms with Gasteiger partial charge in [0, 0.05) is 32.4 Å². The molecule has 5 nitrogen and oxygen atoms in total. The van der Waals surface area contributed by atoms with Gasteiger partial charge in [-0.3, -0.25) is 0 Å². The van der Waals surface area contributed by atoms with E-state index in [1.165, 1.54) is 4.31 Å². The average molecular weight is 403 g/mol. The van der Waals surface area contributed by atoms with Gasteiger partial charge in [0.25, 0.3) is 0 Å². The quantitative estimate of drug-likeness (QED) is 0.766. The zero-order valence-corrected chi connectivity index (χ0v) is 18.0. The van der Waals surface area contributed by atoms with Crippen molar-refractivity contribution < 1.29 is 13.2 Å². The van der Waals surface area contributed by atoms with E-state index in [1.807, 2.05) is 30.3 Å². The Morgan fingerprint density at radius 3 is 2.21 bits per heavy atom. The molecule has 6 heteroatoms. The van der Waals surface area contributed by atoms with Gasteiger partial charge in [0.05, 0.1) is 18.1 Å². The molecular weight excluding hydrogens is 372 g/mol. The molecule has 1 aliphatic heterocycles. The van der Waals surface area contributed by atoms with Crippen LogP contribution in [-0.4, -0.2) is 46.1 Å². The van der Waals surface area contributed by atoms with E-state index in [0.29, 0.717) is 24.7 Å². The molecular formula is C22H30N2O3S. The molecule has 0 radical (unpaired) electrons. The van der Waals surface area contributed by atoms with E-state index in [1.54, 1.807) is 19.2 Å². The van der Waals surface area contributed by atoms with Crippen LogP contribution in [0.2, 0.25) is 0 Å². The van der Waals surface area contributed by atoms with Gasteiger partial charge >= 0.3 is 0 Å². The third-order valence-corrected chi connectivity index (χ3v) is 6.98. The molecule has 0 spiro atoms. The zero-order valence-electron chi connectivity index (χ0n) is 17.2. The molecule has 1 saturated heterocycles. The van der Waals surface area contributed by atoms with Crippen molar-refractivity contribution in [3.8, 4) is 0 Å². The number of morpholine rings is 1. The maximum Gasteiger partial charge on any atom is 0.243 e. The Hall–Kier alpha value is -1.89. The first kappa shape index (κ1) is 20.8. The van der Waals surface area contributed by atoms with E-state index in [-0.39, 0.29) is 5.41 Å². The Balaban J connectivity index is 1.81. The van der Waals surface area contributed by atoms with Crippen LogP contribution in [-0.2, 0) is 26.7 Å². The van der Waals surface area contributed by atoms with Gasteiger partial charge in [-0.05, 0) is 34.7 Å². The molecule has 3 rings (SSSR count). The molecule has 2 aromatic carbocycles. The highest BCUT2D eigenvalue weighted by Crippen LogP contribution is 2.27. The van der Waals surface area contributed by atoms with Gasteiger partial charge in [-0.2, -0.15) is 4.31 Å². The molecule has 0 atom stereocenters. The molecule has 0 saturated carbocycles. The predicted octanol–water partition coefficient (Wildman–Crippen LogP) is 3.64. The summed E-state index contributed by atoms with van der Waals surface area (Å²) in [6, 6.07) is 15.2. The minimum absolute atomic E-state index is 0.00864.